The minimum absolute atomic E-state index is 0. The van der Waals surface area contributed by atoms with Gasteiger partial charge in [-0.15, -0.1) is 0 Å². The molecule has 0 bridgehead atoms. The van der Waals surface area contributed by atoms with Gasteiger partial charge in [0.1, 0.15) is 0 Å². The van der Waals surface area contributed by atoms with E-state index in [-0.39, 0.29) is 7.43 Å². The molecule has 0 aliphatic heterocycles. The van der Waals surface area contributed by atoms with Gasteiger partial charge in [-0.1, -0.05) is 53.4 Å². The predicted octanol–water partition coefficient (Wildman–Crippen LogP) is 4.06. The summed E-state index contributed by atoms with van der Waals surface area (Å²) in [6, 6.07) is 2.25. The molecule has 0 aromatic carbocycles. The summed E-state index contributed by atoms with van der Waals surface area (Å²) in [6.07, 6.45) is 15.2. The van der Waals surface area contributed by atoms with Gasteiger partial charge in [-0.2, -0.15) is 0 Å². The van der Waals surface area contributed by atoms with Gasteiger partial charge in [0.2, 0.25) is 0 Å². The summed E-state index contributed by atoms with van der Waals surface area (Å²) >= 11 is 0. The maximum absolute atomic E-state index is 3.67. The minimum atomic E-state index is 0. The van der Waals surface area contributed by atoms with Crippen molar-refractivity contribution in [2.75, 3.05) is 33.2 Å². The summed E-state index contributed by atoms with van der Waals surface area (Å²) in [5, 5.41) is 14.1. The number of hydrogen-bond acceptors (Lipinski definition) is 4. The fraction of sp³-hybridized carbons (Fsp3) is 1.00. The zero-order valence-corrected chi connectivity index (χ0v) is 17.3. The lowest BCUT2D eigenvalue weighted by molar-refractivity contribution is 0.285. The Bertz CT molecular complexity index is 279. The SMILES string of the molecule is C.CCCNC1CCCCC1.CCCNC1CCCCC1NCCNC. The normalized spacial score (nSPS) is 23.7. The maximum Gasteiger partial charge on any atom is 0.0221 e. The highest BCUT2D eigenvalue weighted by Gasteiger charge is 2.23. The van der Waals surface area contributed by atoms with Gasteiger partial charge >= 0.3 is 0 Å². The standard InChI is InChI=1S/C12H27N3.C9H19N.CH4/c1-3-8-14-11-6-4-5-7-12(11)15-10-9-13-2;1-2-8-10-9-6-4-3-5-7-9;/h11-15H,3-10H2,1-2H3;9-10H,2-8H2,1H3;1H4. The molecule has 2 unspecified atom stereocenters. The third kappa shape index (κ3) is 12.3. The molecule has 4 heteroatoms. The van der Waals surface area contributed by atoms with Crippen LogP contribution in [0.1, 0.15) is 91.9 Å². The molecule has 2 saturated carbocycles. The van der Waals surface area contributed by atoms with Crippen LogP contribution in [-0.4, -0.2) is 51.4 Å². The van der Waals surface area contributed by atoms with E-state index in [1.54, 1.807) is 0 Å². The van der Waals surface area contributed by atoms with Gasteiger partial charge in [-0.05, 0) is 58.7 Å². The lowest BCUT2D eigenvalue weighted by atomic mass is 9.90. The van der Waals surface area contributed by atoms with Gasteiger partial charge in [0, 0.05) is 31.2 Å². The summed E-state index contributed by atoms with van der Waals surface area (Å²) in [5.41, 5.74) is 0. The van der Waals surface area contributed by atoms with Gasteiger partial charge in [0.05, 0.1) is 0 Å². The van der Waals surface area contributed by atoms with E-state index in [1.165, 1.54) is 77.2 Å². The van der Waals surface area contributed by atoms with E-state index in [0.717, 1.165) is 25.7 Å². The molecular formula is C22H50N4. The molecule has 0 aromatic rings. The molecule has 2 atom stereocenters. The van der Waals surface area contributed by atoms with Crippen molar-refractivity contribution < 1.29 is 0 Å². The summed E-state index contributed by atoms with van der Waals surface area (Å²) in [5.74, 6) is 0. The van der Waals surface area contributed by atoms with Crippen LogP contribution >= 0.6 is 0 Å². The van der Waals surface area contributed by atoms with Crippen LogP contribution in [0.5, 0.6) is 0 Å². The summed E-state index contributed by atoms with van der Waals surface area (Å²) in [7, 11) is 2.01. The number of rotatable bonds is 10. The van der Waals surface area contributed by atoms with Crippen LogP contribution < -0.4 is 21.3 Å². The highest BCUT2D eigenvalue weighted by Crippen LogP contribution is 2.18. The third-order valence-corrected chi connectivity index (χ3v) is 5.49. The zero-order valence-electron chi connectivity index (χ0n) is 17.3. The highest BCUT2D eigenvalue weighted by molar-refractivity contribution is 4.86. The topological polar surface area (TPSA) is 48.1 Å². The fourth-order valence-electron chi connectivity index (χ4n) is 3.99. The Morgan fingerprint density at radius 3 is 1.65 bits per heavy atom. The van der Waals surface area contributed by atoms with Crippen LogP contribution in [0.3, 0.4) is 0 Å². The molecule has 0 radical (unpaired) electrons. The van der Waals surface area contributed by atoms with E-state index in [9.17, 15) is 0 Å². The molecule has 2 rings (SSSR count). The second-order valence-corrected chi connectivity index (χ2v) is 7.80. The van der Waals surface area contributed by atoms with E-state index in [1.807, 2.05) is 7.05 Å². The first-order chi connectivity index (χ1) is 12.3. The highest BCUT2D eigenvalue weighted by atomic mass is 15.0. The Hall–Kier alpha value is -0.160. The van der Waals surface area contributed by atoms with E-state index in [4.69, 9.17) is 0 Å². The lowest BCUT2D eigenvalue weighted by Crippen LogP contribution is -2.51. The molecule has 0 amide bonds. The van der Waals surface area contributed by atoms with E-state index in [2.05, 4.69) is 35.1 Å². The number of hydrogen-bond donors (Lipinski definition) is 4. The van der Waals surface area contributed by atoms with E-state index < -0.39 is 0 Å². The van der Waals surface area contributed by atoms with Crippen LogP contribution in [0.2, 0.25) is 0 Å². The van der Waals surface area contributed by atoms with Gasteiger partial charge < -0.3 is 21.3 Å². The predicted molar refractivity (Wildman–Crippen MR) is 118 cm³/mol. The van der Waals surface area contributed by atoms with Crippen LogP contribution in [0, 0.1) is 0 Å². The molecule has 4 N–H and O–H groups in total. The fourth-order valence-corrected chi connectivity index (χ4v) is 3.99. The van der Waals surface area contributed by atoms with Crippen molar-refractivity contribution in [1.82, 2.24) is 21.3 Å². The molecule has 26 heavy (non-hydrogen) atoms. The molecule has 158 valence electrons. The van der Waals surface area contributed by atoms with Crippen LogP contribution in [0.4, 0.5) is 0 Å². The Morgan fingerprint density at radius 1 is 0.615 bits per heavy atom. The Kier molecular flexibility index (Phi) is 18.1. The largest absolute Gasteiger partial charge is 0.318 e. The Morgan fingerprint density at radius 2 is 1.12 bits per heavy atom. The van der Waals surface area contributed by atoms with Crippen molar-refractivity contribution in [1.29, 1.82) is 0 Å². The maximum atomic E-state index is 3.67. The van der Waals surface area contributed by atoms with Crippen molar-refractivity contribution in [3.63, 3.8) is 0 Å². The first-order valence-corrected chi connectivity index (χ1v) is 11.2. The molecule has 0 saturated heterocycles. The molecule has 4 nitrogen and oxygen atoms in total. The second kappa shape index (κ2) is 18.2. The van der Waals surface area contributed by atoms with Crippen molar-refractivity contribution in [3.05, 3.63) is 0 Å². The Labute approximate surface area is 165 Å². The molecule has 2 aliphatic carbocycles. The van der Waals surface area contributed by atoms with Gasteiger partial charge in [-0.3, -0.25) is 0 Å². The van der Waals surface area contributed by atoms with Crippen LogP contribution in [0.25, 0.3) is 0 Å². The lowest BCUT2D eigenvalue weighted by Gasteiger charge is -2.33. The Balaban J connectivity index is 0.000000497. The van der Waals surface area contributed by atoms with Crippen LogP contribution in [-0.2, 0) is 0 Å². The van der Waals surface area contributed by atoms with Gasteiger partial charge in [0.25, 0.3) is 0 Å². The number of nitrogens with one attached hydrogen (secondary N) is 4. The summed E-state index contributed by atoms with van der Waals surface area (Å²) < 4.78 is 0. The van der Waals surface area contributed by atoms with E-state index >= 15 is 0 Å². The van der Waals surface area contributed by atoms with E-state index in [0.29, 0.717) is 12.1 Å². The quantitative estimate of drug-likeness (QED) is 0.438. The smallest absolute Gasteiger partial charge is 0.0221 e. The van der Waals surface area contributed by atoms with Crippen molar-refractivity contribution in [3.8, 4) is 0 Å². The zero-order chi connectivity index (χ0) is 18.2. The molecule has 2 fully saturated rings. The van der Waals surface area contributed by atoms with Crippen molar-refractivity contribution >= 4 is 0 Å². The average Bonchev–Trinajstić information content (AvgIpc) is 2.67. The van der Waals surface area contributed by atoms with Gasteiger partial charge in [0.15, 0.2) is 0 Å². The van der Waals surface area contributed by atoms with Crippen molar-refractivity contribution in [2.45, 2.75) is 110 Å². The van der Waals surface area contributed by atoms with Crippen LogP contribution in [0.15, 0.2) is 0 Å². The molecule has 0 heterocycles. The minimum Gasteiger partial charge on any atom is -0.318 e. The van der Waals surface area contributed by atoms with Gasteiger partial charge in [-0.25, -0.2) is 0 Å². The number of likely N-dealkylation sites (N-methyl/N-ethyl adjacent to an activating group) is 1. The molecule has 0 spiro atoms. The average molecular weight is 371 g/mol. The molecule has 0 aromatic heterocycles. The first kappa shape index (κ1) is 25.8. The third-order valence-electron chi connectivity index (χ3n) is 5.49. The first-order valence-electron chi connectivity index (χ1n) is 11.2. The summed E-state index contributed by atoms with van der Waals surface area (Å²) in [6.45, 7) is 9.00. The molecular weight excluding hydrogens is 320 g/mol. The molecule has 2 aliphatic rings. The monoisotopic (exact) mass is 370 g/mol. The van der Waals surface area contributed by atoms with Crippen molar-refractivity contribution in [2.24, 2.45) is 0 Å². The second-order valence-electron chi connectivity index (χ2n) is 7.80. The summed E-state index contributed by atoms with van der Waals surface area (Å²) in [4.78, 5) is 0.